The van der Waals surface area contributed by atoms with E-state index in [1.165, 1.54) is 11.0 Å². The smallest absolute Gasteiger partial charge is 0.305 e. The standard InChI is InChI=1S/C12H13FN2O4/c1-2-5-14(6-7-16)12(17)9-3-4-10(13)11(8-9)15(18)19/h2-4,8,16H,1,5-7H2. The third-order valence-electron chi connectivity index (χ3n) is 2.40. The molecule has 7 heteroatoms. The molecule has 19 heavy (non-hydrogen) atoms. The van der Waals surface area contributed by atoms with E-state index in [1.54, 1.807) is 0 Å². The molecular weight excluding hydrogens is 255 g/mol. The number of halogens is 1. The Morgan fingerprint density at radius 1 is 1.58 bits per heavy atom. The highest BCUT2D eigenvalue weighted by molar-refractivity contribution is 5.95. The minimum absolute atomic E-state index is 0.0107. The van der Waals surface area contributed by atoms with E-state index in [4.69, 9.17) is 5.11 Å². The zero-order valence-corrected chi connectivity index (χ0v) is 10.1. The van der Waals surface area contributed by atoms with Gasteiger partial charge >= 0.3 is 5.69 Å². The molecule has 0 bridgehead atoms. The van der Waals surface area contributed by atoms with Crippen LogP contribution in [0.1, 0.15) is 10.4 Å². The molecule has 0 unspecified atom stereocenters. The number of rotatable bonds is 6. The zero-order valence-electron chi connectivity index (χ0n) is 10.1. The highest BCUT2D eigenvalue weighted by atomic mass is 19.1. The van der Waals surface area contributed by atoms with E-state index >= 15 is 0 Å². The fraction of sp³-hybridized carbons (Fsp3) is 0.250. The number of carbonyl (C=O) groups excluding carboxylic acids is 1. The second kappa shape index (κ2) is 6.60. The molecular formula is C12H13FN2O4. The van der Waals surface area contributed by atoms with Crippen LogP contribution in [0, 0.1) is 15.9 Å². The average Bonchev–Trinajstić information content (AvgIpc) is 2.38. The predicted molar refractivity (Wildman–Crippen MR) is 66.2 cm³/mol. The van der Waals surface area contributed by atoms with Gasteiger partial charge in [-0.05, 0) is 12.1 Å². The topological polar surface area (TPSA) is 83.7 Å². The summed E-state index contributed by atoms with van der Waals surface area (Å²) in [6.07, 6.45) is 1.46. The first-order valence-corrected chi connectivity index (χ1v) is 5.46. The maximum Gasteiger partial charge on any atom is 0.305 e. The van der Waals surface area contributed by atoms with Crippen LogP contribution in [0.2, 0.25) is 0 Å². The van der Waals surface area contributed by atoms with Crippen LogP contribution in [0.25, 0.3) is 0 Å². The molecule has 1 aromatic carbocycles. The molecule has 1 aromatic rings. The summed E-state index contributed by atoms with van der Waals surface area (Å²) in [5.74, 6) is -1.53. The second-order valence-corrected chi connectivity index (χ2v) is 3.69. The van der Waals surface area contributed by atoms with Gasteiger partial charge in [-0.3, -0.25) is 14.9 Å². The van der Waals surface area contributed by atoms with Gasteiger partial charge < -0.3 is 10.0 Å². The van der Waals surface area contributed by atoms with Gasteiger partial charge in [0.15, 0.2) is 0 Å². The third-order valence-corrected chi connectivity index (χ3v) is 2.40. The molecule has 0 radical (unpaired) electrons. The highest BCUT2D eigenvalue weighted by Gasteiger charge is 2.20. The lowest BCUT2D eigenvalue weighted by molar-refractivity contribution is -0.387. The van der Waals surface area contributed by atoms with Crippen molar-refractivity contribution in [3.8, 4) is 0 Å². The van der Waals surface area contributed by atoms with Gasteiger partial charge in [-0.2, -0.15) is 4.39 Å². The van der Waals surface area contributed by atoms with Crippen LogP contribution in [-0.2, 0) is 0 Å². The van der Waals surface area contributed by atoms with Crippen molar-refractivity contribution in [1.82, 2.24) is 4.90 Å². The van der Waals surface area contributed by atoms with Gasteiger partial charge in [0.05, 0.1) is 11.5 Å². The first-order valence-electron chi connectivity index (χ1n) is 5.46. The molecule has 102 valence electrons. The third kappa shape index (κ3) is 3.59. The van der Waals surface area contributed by atoms with Crippen molar-refractivity contribution in [2.45, 2.75) is 0 Å². The quantitative estimate of drug-likeness (QED) is 0.479. The summed E-state index contributed by atoms with van der Waals surface area (Å²) in [6, 6.07) is 2.92. The van der Waals surface area contributed by atoms with Crippen LogP contribution in [0.5, 0.6) is 0 Å². The molecule has 0 heterocycles. The largest absolute Gasteiger partial charge is 0.395 e. The summed E-state index contributed by atoms with van der Waals surface area (Å²) in [6.45, 7) is 3.48. The van der Waals surface area contributed by atoms with E-state index in [-0.39, 0.29) is 25.3 Å². The molecule has 0 saturated heterocycles. The van der Waals surface area contributed by atoms with E-state index in [0.717, 1.165) is 18.2 Å². The number of nitro benzene ring substituents is 1. The summed E-state index contributed by atoms with van der Waals surface area (Å²) in [5.41, 5.74) is -0.767. The summed E-state index contributed by atoms with van der Waals surface area (Å²) in [4.78, 5) is 23.0. The molecule has 6 nitrogen and oxygen atoms in total. The number of nitro groups is 1. The number of benzene rings is 1. The summed E-state index contributed by atoms with van der Waals surface area (Å²) >= 11 is 0. The fourth-order valence-electron chi connectivity index (χ4n) is 1.52. The van der Waals surface area contributed by atoms with Gasteiger partial charge in [-0.25, -0.2) is 0 Å². The minimum atomic E-state index is -1.00. The van der Waals surface area contributed by atoms with Crippen molar-refractivity contribution in [1.29, 1.82) is 0 Å². The number of hydrogen-bond acceptors (Lipinski definition) is 4. The Kier molecular flexibility index (Phi) is 5.13. The van der Waals surface area contributed by atoms with Gasteiger partial charge in [0, 0.05) is 24.7 Å². The number of aliphatic hydroxyl groups excluding tert-OH is 1. The van der Waals surface area contributed by atoms with Gasteiger partial charge in [0.1, 0.15) is 0 Å². The average molecular weight is 268 g/mol. The molecule has 0 saturated carbocycles. The van der Waals surface area contributed by atoms with E-state index in [1.807, 2.05) is 0 Å². The first kappa shape index (κ1) is 14.8. The van der Waals surface area contributed by atoms with Gasteiger partial charge in [-0.1, -0.05) is 6.08 Å². The van der Waals surface area contributed by atoms with Crippen LogP contribution in [-0.4, -0.2) is 40.5 Å². The Labute approximate surface area is 108 Å². The van der Waals surface area contributed by atoms with Crippen LogP contribution < -0.4 is 0 Å². The second-order valence-electron chi connectivity index (χ2n) is 3.69. The number of aliphatic hydroxyl groups is 1. The van der Waals surface area contributed by atoms with Crippen LogP contribution in [0.4, 0.5) is 10.1 Å². The van der Waals surface area contributed by atoms with E-state index < -0.39 is 22.3 Å². The molecule has 1 amide bonds. The summed E-state index contributed by atoms with van der Waals surface area (Å²) < 4.78 is 13.2. The minimum Gasteiger partial charge on any atom is -0.395 e. The maximum atomic E-state index is 13.2. The number of hydrogen-bond donors (Lipinski definition) is 1. The molecule has 0 aliphatic carbocycles. The van der Waals surface area contributed by atoms with Crippen LogP contribution >= 0.6 is 0 Å². The van der Waals surface area contributed by atoms with E-state index in [9.17, 15) is 19.3 Å². The Bertz CT molecular complexity index is 505. The fourth-order valence-corrected chi connectivity index (χ4v) is 1.52. The Morgan fingerprint density at radius 2 is 2.26 bits per heavy atom. The molecule has 1 rings (SSSR count). The molecule has 1 N–H and O–H groups in total. The van der Waals surface area contributed by atoms with Crippen molar-refractivity contribution in [3.05, 3.63) is 52.3 Å². The van der Waals surface area contributed by atoms with Crippen LogP contribution in [0.15, 0.2) is 30.9 Å². The van der Waals surface area contributed by atoms with Gasteiger partial charge in [0.25, 0.3) is 5.91 Å². The summed E-state index contributed by atoms with van der Waals surface area (Å²) in [7, 11) is 0. The Balaban J connectivity index is 3.07. The highest BCUT2D eigenvalue weighted by Crippen LogP contribution is 2.19. The molecule has 0 fully saturated rings. The van der Waals surface area contributed by atoms with Crippen molar-refractivity contribution in [3.63, 3.8) is 0 Å². The Hall–Kier alpha value is -2.28. The molecule has 0 atom stereocenters. The normalized spacial score (nSPS) is 10.0. The number of amides is 1. The Morgan fingerprint density at radius 3 is 2.79 bits per heavy atom. The lowest BCUT2D eigenvalue weighted by Crippen LogP contribution is -2.33. The molecule has 0 aromatic heterocycles. The van der Waals surface area contributed by atoms with Gasteiger partial charge in [0.2, 0.25) is 5.82 Å². The molecule has 0 spiro atoms. The number of carbonyl (C=O) groups is 1. The SMILES string of the molecule is C=CCN(CCO)C(=O)c1ccc(F)c([N+](=O)[O-])c1. The molecule has 0 aliphatic rings. The monoisotopic (exact) mass is 268 g/mol. The van der Waals surface area contributed by atoms with Crippen molar-refractivity contribution < 1.29 is 19.2 Å². The summed E-state index contributed by atoms with van der Waals surface area (Å²) in [5, 5.41) is 19.5. The van der Waals surface area contributed by atoms with Crippen LogP contribution in [0.3, 0.4) is 0 Å². The lowest BCUT2D eigenvalue weighted by atomic mass is 10.1. The van der Waals surface area contributed by atoms with Crippen molar-refractivity contribution in [2.24, 2.45) is 0 Å². The zero-order chi connectivity index (χ0) is 14.4. The maximum absolute atomic E-state index is 13.2. The lowest BCUT2D eigenvalue weighted by Gasteiger charge is -2.19. The van der Waals surface area contributed by atoms with Crippen molar-refractivity contribution in [2.75, 3.05) is 19.7 Å². The van der Waals surface area contributed by atoms with Gasteiger partial charge in [-0.15, -0.1) is 6.58 Å². The van der Waals surface area contributed by atoms with E-state index in [0.29, 0.717) is 0 Å². The predicted octanol–water partition coefficient (Wildman–Crippen LogP) is 1.35. The van der Waals surface area contributed by atoms with E-state index in [2.05, 4.69) is 6.58 Å². The number of nitrogens with zero attached hydrogens (tertiary/aromatic N) is 2. The first-order chi connectivity index (χ1) is 9.01. The van der Waals surface area contributed by atoms with Crippen molar-refractivity contribution >= 4 is 11.6 Å². The molecule has 0 aliphatic heterocycles.